The van der Waals surface area contributed by atoms with E-state index >= 15 is 0 Å². The largest absolute Gasteiger partial charge is 0.298 e. The van der Waals surface area contributed by atoms with Crippen molar-refractivity contribution in [2.75, 3.05) is 0 Å². The van der Waals surface area contributed by atoms with Crippen molar-refractivity contribution in [1.82, 2.24) is 0 Å². The van der Waals surface area contributed by atoms with E-state index in [9.17, 15) is 4.79 Å². The zero-order valence-corrected chi connectivity index (χ0v) is 13.3. The summed E-state index contributed by atoms with van der Waals surface area (Å²) in [5.41, 5.74) is 3.66. The molecule has 1 aliphatic rings. The minimum absolute atomic E-state index is 0.435. The van der Waals surface area contributed by atoms with Crippen LogP contribution in [-0.2, 0) is 0 Å². The predicted molar refractivity (Wildman–Crippen MR) is 84.3 cm³/mol. The Bertz CT molecular complexity index is 484. The molecular weight excluding hydrogens is 252 g/mol. The second-order valence-electron chi connectivity index (χ2n) is 6.13. The van der Waals surface area contributed by atoms with Gasteiger partial charge in [-0.2, -0.15) is 0 Å². The van der Waals surface area contributed by atoms with Gasteiger partial charge in [0, 0.05) is 15.3 Å². The molecule has 1 aromatic rings. The molecule has 0 N–H and O–H groups in total. The first-order valence-electron chi connectivity index (χ1n) is 7.31. The summed E-state index contributed by atoms with van der Waals surface area (Å²) >= 11 is 1.83. The molecule has 1 nitrogen and oxygen atoms in total. The molecule has 1 aliphatic carbocycles. The van der Waals surface area contributed by atoms with Gasteiger partial charge in [0.1, 0.15) is 0 Å². The van der Waals surface area contributed by atoms with E-state index in [2.05, 4.69) is 33.8 Å². The van der Waals surface area contributed by atoms with Crippen LogP contribution in [0.15, 0.2) is 5.57 Å². The van der Waals surface area contributed by atoms with E-state index in [1.54, 1.807) is 0 Å². The summed E-state index contributed by atoms with van der Waals surface area (Å²) < 4.78 is 0. The van der Waals surface area contributed by atoms with Crippen LogP contribution in [0.2, 0.25) is 0 Å². The van der Waals surface area contributed by atoms with E-state index in [1.165, 1.54) is 46.6 Å². The number of allylic oxidation sites excluding steroid dienone is 1. The number of thiophene rings is 1. The van der Waals surface area contributed by atoms with E-state index in [0.29, 0.717) is 11.8 Å². The molecular formula is C17H24OS. The molecule has 2 rings (SSSR count). The number of rotatable bonds is 4. The first kappa shape index (κ1) is 14.5. The third-order valence-electron chi connectivity index (χ3n) is 3.87. The molecule has 1 aromatic heterocycles. The van der Waals surface area contributed by atoms with Crippen LogP contribution in [0.4, 0.5) is 0 Å². The summed E-state index contributed by atoms with van der Waals surface area (Å²) in [6.07, 6.45) is 8.48. The molecule has 0 amide bonds. The highest BCUT2D eigenvalue weighted by molar-refractivity contribution is 7.13. The van der Waals surface area contributed by atoms with Gasteiger partial charge in [-0.25, -0.2) is 0 Å². The fraction of sp³-hybridized carbons (Fsp3) is 0.588. The van der Waals surface area contributed by atoms with Crippen LogP contribution in [0.25, 0.3) is 6.08 Å². The van der Waals surface area contributed by atoms with Gasteiger partial charge in [0.25, 0.3) is 0 Å². The van der Waals surface area contributed by atoms with Gasteiger partial charge in [-0.05, 0) is 50.2 Å². The minimum atomic E-state index is 0.435. The number of hydrogen-bond donors (Lipinski definition) is 0. The smallest absolute Gasteiger partial charge is 0.151 e. The van der Waals surface area contributed by atoms with E-state index in [-0.39, 0.29) is 0 Å². The summed E-state index contributed by atoms with van der Waals surface area (Å²) in [4.78, 5) is 14.2. The van der Waals surface area contributed by atoms with Crippen molar-refractivity contribution in [1.29, 1.82) is 0 Å². The molecule has 0 aliphatic heterocycles. The van der Waals surface area contributed by atoms with Gasteiger partial charge >= 0.3 is 0 Å². The number of aldehydes is 1. The Morgan fingerprint density at radius 2 is 1.89 bits per heavy atom. The number of carbonyl (C=O) groups is 1. The molecule has 1 fully saturated rings. The standard InChI is InChI=1S/C17H24OS/c1-11(2)9-15-16(13-7-5-6-8-13)14(10-18)17(19-15)12(3)4/h9-10,12-13H,5-8H2,1-4H3. The second-order valence-corrected chi connectivity index (χ2v) is 7.22. The SMILES string of the molecule is CC(C)=Cc1sc(C(C)C)c(C=O)c1C1CCCC1. The fourth-order valence-electron chi connectivity index (χ4n) is 3.05. The molecule has 2 heteroatoms. The van der Waals surface area contributed by atoms with Crippen LogP contribution in [0.3, 0.4) is 0 Å². The average Bonchev–Trinajstić information content (AvgIpc) is 2.93. The van der Waals surface area contributed by atoms with Crippen LogP contribution in [-0.4, -0.2) is 6.29 Å². The fourth-order valence-corrected chi connectivity index (χ4v) is 4.47. The summed E-state index contributed by atoms with van der Waals surface area (Å²) in [5.74, 6) is 1.04. The van der Waals surface area contributed by atoms with Crippen LogP contribution < -0.4 is 0 Å². The van der Waals surface area contributed by atoms with Gasteiger partial charge in [-0.15, -0.1) is 11.3 Å². The molecule has 1 heterocycles. The molecule has 0 saturated heterocycles. The van der Waals surface area contributed by atoms with Gasteiger partial charge in [-0.3, -0.25) is 4.79 Å². The summed E-state index contributed by atoms with van der Waals surface area (Å²) in [6.45, 7) is 8.63. The Balaban J connectivity index is 2.57. The average molecular weight is 276 g/mol. The quantitative estimate of drug-likeness (QED) is 0.638. The van der Waals surface area contributed by atoms with E-state index < -0.39 is 0 Å². The summed E-state index contributed by atoms with van der Waals surface area (Å²) in [7, 11) is 0. The Kier molecular flexibility index (Phi) is 4.62. The zero-order valence-electron chi connectivity index (χ0n) is 12.5. The lowest BCUT2D eigenvalue weighted by atomic mass is 9.91. The van der Waals surface area contributed by atoms with Crippen LogP contribution in [0, 0.1) is 0 Å². The molecule has 0 atom stereocenters. The van der Waals surface area contributed by atoms with Crippen molar-refractivity contribution in [3.63, 3.8) is 0 Å². The number of carbonyl (C=O) groups excluding carboxylic acids is 1. The molecule has 1 saturated carbocycles. The topological polar surface area (TPSA) is 17.1 Å². The second kappa shape index (κ2) is 6.04. The highest BCUT2D eigenvalue weighted by Gasteiger charge is 2.27. The summed E-state index contributed by atoms with van der Waals surface area (Å²) in [6, 6.07) is 0. The van der Waals surface area contributed by atoms with Crippen molar-refractivity contribution in [3.05, 3.63) is 26.5 Å². The predicted octanol–water partition coefficient (Wildman–Crippen LogP) is 5.76. The van der Waals surface area contributed by atoms with Crippen LogP contribution in [0.5, 0.6) is 0 Å². The van der Waals surface area contributed by atoms with E-state index in [0.717, 1.165) is 11.8 Å². The van der Waals surface area contributed by atoms with E-state index in [4.69, 9.17) is 0 Å². The Hall–Kier alpha value is -0.890. The van der Waals surface area contributed by atoms with Gasteiger partial charge in [0.2, 0.25) is 0 Å². The zero-order chi connectivity index (χ0) is 14.0. The summed E-state index contributed by atoms with van der Waals surface area (Å²) in [5, 5.41) is 0. The van der Waals surface area contributed by atoms with Gasteiger partial charge in [-0.1, -0.05) is 32.3 Å². The highest BCUT2D eigenvalue weighted by atomic mass is 32.1. The maximum Gasteiger partial charge on any atom is 0.151 e. The van der Waals surface area contributed by atoms with Crippen molar-refractivity contribution < 1.29 is 4.79 Å². The first-order valence-corrected chi connectivity index (χ1v) is 8.13. The van der Waals surface area contributed by atoms with Gasteiger partial charge < -0.3 is 0 Å². The third-order valence-corrected chi connectivity index (χ3v) is 5.34. The molecule has 0 radical (unpaired) electrons. The molecule has 0 spiro atoms. The lowest BCUT2D eigenvalue weighted by molar-refractivity contribution is 0.112. The molecule has 0 aromatic carbocycles. The van der Waals surface area contributed by atoms with Crippen molar-refractivity contribution >= 4 is 23.7 Å². The molecule has 19 heavy (non-hydrogen) atoms. The molecule has 104 valence electrons. The molecule has 0 unspecified atom stereocenters. The van der Waals surface area contributed by atoms with Crippen molar-refractivity contribution in [2.24, 2.45) is 0 Å². The monoisotopic (exact) mass is 276 g/mol. The van der Waals surface area contributed by atoms with Crippen molar-refractivity contribution in [2.45, 2.75) is 65.2 Å². The Labute approximate surface area is 120 Å². The maximum absolute atomic E-state index is 11.6. The minimum Gasteiger partial charge on any atom is -0.298 e. The highest BCUT2D eigenvalue weighted by Crippen LogP contribution is 2.44. The van der Waals surface area contributed by atoms with Gasteiger partial charge in [0.05, 0.1) is 0 Å². The lowest BCUT2D eigenvalue weighted by Gasteiger charge is -2.11. The maximum atomic E-state index is 11.6. The van der Waals surface area contributed by atoms with Crippen LogP contribution in [0.1, 0.15) is 90.9 Å². The van der Waals surface area contributed by atoms with E-state index in [1.807, 2.05) is 11.3 Å². The molecule has 0 bridgehead atoms. The number of hydrogen-bond acceptors (Lipinski definition) is 2. The third kappa shape index (κ3) is 3.00. The Morgan fingerprint density at radius 3 is 2.37 bits per heavy atom. The van der Waals surface area contributed by atoms with Crippen molar-refractivity contribution in [3.8, 4) is 0 Å². The van der Waals surface area contributed by atoms with Crippen LogP contribution >= 0.6 is 11.3 Å². The van der Waals surface area contributed by atoms with Gasteiger partial charge in [0.15, 0.2) is 6.29 Å². The lowest BCUT2D eigenvalue weighted by Crippen LogP contribution is -1.99. The first-order chi connectivity index (χ1) is 9.04. The normalized spacial score (nSPS) is 16.1. The Morgan fingerprint density at radius 1 is 1.26 bits per heavy atom.